The number of furan rings is 1. The van der Waals surface area contributed by atoms with E-state index >= 15 is 0 Å². The highest BCUT2D eigenvalue weighted by Crippen LogP contribution is 2.42. The molecule has 0 fully saturated rings. The summed E-state index contributed by atoms with van der Waals surface area (Å²) in [5, 5.41) is 9.91. The van der Waals surface area contributed by atoms with E-state index in [1.54, 1.807) is 6.92 Å². The number of ketones is 2. The number of hydrogen-bond acceptors (Lipinski definition) is 5. The fraction of sp³-hybridized carbons (Fsp3) is 0.429. The van der Waals surface area contributed by atoms with Gasteiger partial charge in [-0.1, -0.05) is 13.8 Å². The lowest BCUT2D eigenvalue weighted by atomic mass is 9.80. The van der Waals surface area contributed by atoms with Crippen LogP contribution >= 0.6 is 0 Å². The van der Waals surface area contributed by atoms with E-state index in [-0.39, 0.29) is 28.8 Å². The molecular formula is C14H14O5. The summed E-state index contributed by atoms with van der Waals surface area (Å²) in [6.07, 6.45) is 0.242. The molecule has 1 N–H and O–H groups in total. The van der Waals surface area contributed by atoms with Crippen LogP contribution in [0.5, 0.6) is 0 Å². The van der Waals surface area contributed by atoms with Gasteiger partial charge in [-0.15, -0.1) is 0 Å². The van der Waals surface area contributed by atoms with Crippen molar-refractivity contribution in [3.8, 4) is 0 Å². The van der Waals surface area contributed by atoms with Crippen molar-refractivity contribution in [2.75, 3.05) is 0 Å². The molecule has 0 bridgehead atoms. The van der Waals surface area contributed by atoms with Crippen LogP contribution in [0.15, 0.2) is 22.0 Å². The van der Waals surface area contributed by atoms with E-state index in [9.17, 15) is 14.7 Å². The predicted octanol–water partition coefficient (Wildman–Crippen LogP) is 1.84. The number of allylic oxidation sites excluding steroid dienone is 1. The Balaban J connectivity index is 2.19. The molecule has 2 atom stereocenters. The zero-order valence-electron chi connectivity index (χ0n) is 10.9. The molecule has 1 aromatic rings. The number of aliphatic hydroxyl groups excluding tert-OH is 1. The van der Waals surface area contributed by atoms with Crippen molar-refractivity contribution in [2.45, 2.75) is 27.1 Å². The van der Waals surface area contributed by atoms with Crippen LogP contribution in [-0.2, 0) is 4.74 Å². The highest BCUT2D eigenvalue weighted by Gasteiger charge is 2.49. The van der Waals surface area contributed by atoms with Crippen LogP contribution in [0.25, 0.3) is 0 Å². The molecule has 5 heteroatoms. The number of aryl methyl sites for hydroxylation is 1. The zero-order chi connectivity index (χ0) is 13.9. The molecule has 5 nitrogen and oxygen atoms in total. The molecule has 19 heavy (non-hydrogen) atoms. The highest BCUT2D eigenvalue weighted by molar-refractivity contribution is 6.26. The molecule has 1 aliphatic heterocycles. The molecule has 1 aliphatic carbocycles. The second kappa shape index (κ2) is 3.81. The lowest BCUT2D eigenvalue weighted by molar-refractivity contribution is -0.0796. The van der Waals surface area contributed by atoms with Gasteiger partial charge in [-0.05, 0) is 18.4 Å². The highest BCUT2D eigenvalue weighted by atomic mass is 16.6. The molecule has 2 heterocycles. The standard InChI is InChI=1S/C14H14O5/c1-5(2)7-9-10(15)8-6(3)4-18-12(8)11(16)13(9)19-14(7)17/h4-5,7,14,17H,1-3H3. The van der Waals surface area contributed by atoms with Gasteiger partial charge in [0, 0.05) is 0 Å². The first-order valence-corrected chi connectivity index (χ1v) is 6.19. The van der Waals surface area contributed by atoms with Crippen molar-refractivity contribution in [3.63, 3.8) is 0 Å². The summed E-state index contributed by atoms with van der Waals surface area (Å²) in [5.41, 5.74) is 1.21. The van der Waals surface area contributed by atoms with Crippen LogP contribution in [-0.4, -0.2) is 23.0 Å². The van der Waals surface area contributed by atoms with Crippen molar-refractivity contribution in [3.05, 3.63) is 34.5 Å². The summed E-state index contributed by atoms with van der Waals surface area (Å²) in [4.78, 5) is 24.8. The van der Waals surface area contributed by atoms with Crippen molar-refractivity contribution in [2.24, 2.45) is 11.8 Å². The van der Waals surface area contributed by atoms with Crippen molar-refractivity contribution in [1.29, 1.82) is 0 Å². The van der Waals surface area contributed by atoms with Gasteiger partial charge in [-0.3, -0.25) is 9.59 Å². The lowest BCUT2D eigenvalue weighted by Crippen LogP contribution is -2.27. The average molecular weight is 262 g/mol. The Morgan fingerprint density at radius 1 is 1.26 bits per heavy atom. The molecule has 0 amide bonds. The number of carbonyl (C=O) groups excluding carboxylic acids is 2. The molecule has 0 aromatic carbocycles. The van der Waals surface area contributed by atoms with Crippen LogP contribution in [0, 0.1) is 18.8 Å². The summed E-state index contributed by atoms with van der Waals surface area (Å²) < 4.78 is 10.3. The average Bonchev–Trinajstić information content (AvgIpc) is 2.87. The van der Waals surface area contributed by atoms with Crippen LogP contribution in [0.4, 0.5) is 0 Å². The Morgan fingerprint density at radius 2 is 1.95 bits per heavy atom. The van der Waals surface area contributed by atoms with Crippen LogP contribution in [0.2, 0.25) is 0 Å². The molecule has 1 aromatic heterocycles. The van der Waals surface area contributed by atoms with Crippen molar-refractivity contribution >= 4 is 11.6 Å². The van der Waals surface area contributed by atoms with Crippen LogP contribution in [0.3, 0.4) is 0 Å². The van der Waals surface area contributed by atoms with E-state index in [2.05, 4.69) is 0 Å². The Kier molecular flexibility index (Phi) is 2.44. The first-order chi connectivity index (χ1) is 8.93. The topological polar surface area (TPSA) is 76.7 Å². The molecule has 0 spiro atoms. The number of rotatable bonds is 1. The number of fused-ring (bicyclic) bond motifs is 1. The summed E-state index contributed by atoms with van der Waals surface area (Å²) in [6.45, 7) is 5.47. The van der Waals surface area contributed by atoms with E-state index in [1.165, 1.54) is 6.26 Å². The molecule has 2 aliphatic rings. The number of aliphatic hydroxyl groups is 1. The summed E-state index contributed by atoms with van der Waals surface area (Å²) in [6, 6.07) is 0. The molecular weight excluding hydrogens is 248 g/mol. The Bertz CT molecular complexity index is 620. The van der Waals surface area contributed by atoms with E-state index in [4.69, 9.17) is 9.15 Å². The SMILES string of the molecule is Cc1coc2c1C(=O)C1=C(OC(O)C1C(C)C)C2=O. The Labute approximate surface area is 109 Å². The second-order valence-corrected chi connectivity index (χ2v) is 5.30. The maximum absolute atomic E-state index is 12.5. The van der Waals surface area contributed by atoms with Gasteiger partial charge in [0.05, 0.1) is 23.3 Å². The molecule has 3 rings (SSSR count). The van der Waals surface area contributed by atoms with Gasteiger partial charge in [-0.25, -0.2) is 0 Å². The van der Waals surface area contributed by atoms with Crippen LogP contribution in [0.1, 0.15) is 40.3 Å². The van der Waals surface area contributed by atoms with Crippen molar-refractivity contribution in [1.82, 2.24) is 0 Å². The summed E-state index contributed by atoms with van der Waals surface area (Å²) >= 11 is 0. The molecule has 0 radical (unpaired) electrons. The predicted molar refractivity (Wildman–Crippen MR) is 64.6 cm³/mol. The number of hydrogen-bond donors (Lipinski definition) is 1. The fourth-order valence-corrected chi connectivity index (χ4v) is 2.78. The first-order valence-electron chi connectivity index (χ1n) is 6.19. The van der Waals surface area contributed by atoms with Gasteiger partial charge in [0.25, 0.3) is 5.78 Å². The minimum absolute atomic E-state index is 0.00647. The fourth-order valence-electron chi connectivity index (χ4n) is 2.78. The molecule has 2 unspecified atom stereocenters. The zero-order valence-corrected chi connectivity index (χ0v) is 10.9. The van der Waals surface area contributed by atoms with E-state index in [0.717, 1.165) is 0 Å². The number of carbonyl (C=O) groups is 2. The summed E-state index contributed by atoms with van der Waals surface area (Å²) in [7, 11) is 0. The third-order valence-electron chi connectivity index (χ3n) is 3.70. The van der Waals surface area contributed by atoms with Crippen molar-refractivity contribution < 1.29 is 23.8 Å². The minimum Gasteiger partial charge on any atom is -0.460 e. The maximum atomic E-state index is 12.5. The van der Waals surface area contributed by atoms with Gasteiger partial charge >= 0.3 is 0 Å². The molecule has 0 saturated heterocycles. The summed E-state index contributed by atoms with van der Waals surface area (Å²) in [5.74, 6) is -1.26. The lowest BCUT2D eigenvalue weighted by Gasteiger charge is -2.19. The second-order valence-electron chi connectivity index (χ2n) is 5.30. The van der Waals surface area contributed by atoms with Gasteiger partial charge in [0.1, 0.15) is 0 Å². The van der Waals surface area contributed by atoms with E-state index in [0.29, 0.717) is 11.1 Å². The number of ether oxygens (including phenoxy) is 1. The smallest absolute Gasteiger partial charge is 0.263 e. The monoisotopic (exact) mass is 262 g/mol. The van der Waals surface area contributed by atoms with Gasteiger partial charge in [-0.2, -0.15) is 0 Å². The Morgan fingerprint density at radius 3 is 2.58 bits per heavy atom. The Hall–Kier alpha value is -1.88. The molecule has 100 valence electrons. The van der Waals surface area contributed by atoms with Crippen LogP contribution < -0.4 is 0 Å². The third-order valence-corrected chi connectivity index (χ3v) is 3.70. The minimum atomic E-state index is -1.15. The van der Waals surface area contributed by atoms with Gasteiger partial charge in [0.15, 0.2) is 17.3 Å². The normalized spacial score (nSPS) is 25.7. The maximum Gasteiger partial charge on any atom is 0.263 e. The quantitative estimate of drug-likeness (QED) is 0.835. The number of Topliss-reactive ketones (excluding diaryl/α,β-unsaturated/α-hetero) is 2. The van der Waals surface area contributed by atoms with Gasteiger partial charge < -0.3 is 14.3 Å². The van der Waals surface area contributed by atoms with E-state index in [1.807, 2.05) is 13.8 Å². The first kappa shape index (κ1) is 12.2. The van der Waals surface area contributed by atoms with Gasteiger partial charge in [0.2, 0.25) is 6.29 Å². The molecule has 0 saturated carbocycles. The largest absolute Gasteiger partial charge is 0.460 e. The third kappa shape index (κ3) is 1.45. The van der Waals surface area contributed by atoms with E-state index < -0.39 is 18.0 Å².